The monoisotopic (exact) mass is 449 g/mol. The molecule has 0 aliphatic heterocycles. The lowest BCUT2D eigenvalue weighted by Gasteiger charge is -2.17. The van der Waals surface area contributed by atoms with Gasteiger partial charge in [0.05, 0.1) is 0 Å². The summed E-state index contributed by atoms with van der Waals surface area (Å²) in [6.45, 7) is 8.48. The van der Waals surface area contributed by atoms with Crippen LogP contribution in [0.15, 0.2) is 78.5 Å². The average Bonchev–Trinajstić information content (AvgIpc) is 3.17. The number of fused-ring (bicyclic) bond motifs is 1. The summed E-state index contributed by atoms with van der Waals surface area (Å²) in [5.74, 6) is 2.37. The maximum absolute atomic E-state index is 6.18. The highest BCUT2D eigenvalue weighted by atomic mass is 35.5. The van der Waals surface area contributed by atoms with E-state index in [1.54, 1.807) is 11.8 Å². The van der Waals surface area contributed by atoms with Crippen molar-refractivity contribution in [3.05, 3.63) is 95.3 Å². The topological polar surface area (TPSA) is 39.9 Å². The van der Waals surface area contributed by atoms with Gasteiger partial charge in [-0.3, -0.25) is 4.57 Å². The number of halogens is 1. The first-order valence-corrected chi connectivity index (χ1v) is 11.5. The van der Waals surface area contributed by atoms with Crippen LogP contribution in [0.25, 0.3) is 10.8 Å². The van der Waals surface area contributed by atoms with E-state index in [1.807, 2.05) is 38.1 Å². The van der Waals surface area contributed by atoms with E-state index in [9.17, 15) is 0 Å². The first kappa shape index (κ1) is 21.5. The minimum absolute atomic E-state index is 0.265. The maximum atomic E-state index is 6.18. The van der Waals surface area contributed by atoms with Crippen LogP contribution in [0.5, 0.6) is 5.75 Å². The lowest BCUT2D eigenvalue weighted by Crippen LogP contribution is -2.12. The summed E-state index contributed by atoms with van der Waals surface area (Å²) in [5, 5.41) is 13.0. The van der Waals surface area contributed by atoms with Crippen molar-refractivity contribution in [2.45, 2.75) is 37.4 Å². The molecule has 31 heavy (non-hydrogen) atoms. The van der Waals surface area contributed by atoms with Gasteiger partial charge in [-0.2, -0.15) is 0 Å². The van der Waals surface area contributed by atoms with Gasteiger partial charge in [0.2, 0.25) is 0 Å². The second-order valence-electron chi connectivity index (χ2n) is 7.34. The first-order chi connectivity index (χ1) is 15.1. The minimum Gasteiger partial charge on any atom is -0.482 e. The van der Waals surface area contributed by atoms with E-state index in [-0.39, 0.29) is 6.10 Å². The molecule has 0 saturated heterocycles. The molecule has 0 amide bonds. The average molecular weight is 450 g/mol. The third kappa shape index (κ3) is 4.78. The summed E-state index contributed by atoms with van der Waals surface area (Å²) < 4.78 is 8.25. The van der Waals surface area contributed by atoms with Crippen LogP contribution in [0.4, 0.5) is 0 Å². The van der Waals surface area contributed by atoms with Gasteiger partial charge in [-0.05, 0) is 53.9 Å². The third-order valence-electron chi connectivity index (χ3n) is 5.10. The molecule has 0 bridgehead atoms. The van der Waals surface area contributed by atoms with Crippen molar-refractivity contribution in [1.29, 1.82) is 0 Å². The summed E-state index contributed by atoms with van der Waals surface area (Å²) in [6.07, 6.45) is 1.59. The Labute approximate surface area is 191 Å². The van der Waals surface area contributed by atoms with Gasteiger partial charge >= 0.3 is 0 Å². The molecule has 0 aliphatic carbocycles. The second-order valence-corrected chi connectivity index (χ2v) is 8.72. The normalized spacial score (nSPS) is 12.1. The molecule has 0 aliphatic rings. The minimum atomic E-state index is -0.265. The number of rotatable bonds is 8. The number of allylic oxidation sites excluding steroid dienone is 1. The molecule has 0 N–H and O–H groups in total. The molecular formula is C25H24ClN3OS. The largest absolute Gasteiger partial charge is 0.482 e. The highest BCUT2D eigenvalue weighted by Crippen LogP contribution is 2.30. The van der Waals surface area contributed by atoms with Crippen molar-refractivity contribution in [2.75, 3.05) is 0 Å². The molecule has 0 radical (unpaired) electrons. The number of thioether (sulfide) groups is 1. The molecule has 4 nitrogen and oxygen atoms in total. The number of hydrogen-bond acceptors (Lipinski definition) is 4. The van der Waals surface area contributed by atoms with E-state index >= 15 is 0 Å². The molecule has 4 aromatic rings. The number of nitrogens with zero attached hydrogens (tertiary/aromatic N) is 3. The van der Waals surface area contributed by atoms with Gasteiger partial charge in [-0.1, -0.05) is 71.9 Å². The van der Waals surface area contributed by atoms with Crippen molar-refractivity contribution < 1.29 is 4.74 Å². The molecule has 1 aromatic heterocycles. The van der Waals surface area contributed by atoms with Crippen LogP contribution in [-0.4, -0.2) is 14.8 Å². The van der Waals surface area contributed by atoms with Crippen molar-refractivity contribution in [3.8, 4) is 5.75 Å². The number of aromatic nitrogens is 3. The Kier molecular flexibility index (Phi) is 6.64. The van der Waals surface area contributed by atoms with Gasteiger partial charge in [0, 0.05) is 17.3 Å². The van der Waals surface area contributed by atoms with Gasteiger partial charge in [0.15, 0.2) is 17.1 Å². The number of ether oxygens (including phenoxy) is 1. The quantitative estimate of drug-likeness (QED) is 0.214. The number of benzene rings is 3. The molecule has 1 unspecified atom stereocenters. The van der Waals surface area contributed by atoms with Gasteiger partial charge in [-0.25, -0.2) is 0 Å². The Hall–Kier alpha value is -2.76. The highest BCUT2D eigenvalue weighted by Gasteiger charge is 2.20. The molecular weight excluding hydrogens is 426 g/mol. The van der Waals surface area contributed by atoms with Crippen molar-refractivity contribution in [2.24, 2.45) is 0 Å². The fourth-order valence-corrected chi connectivity index (χ4v) is 4.74. The van der Waals surface area contributed by atoms with Crippen LogP contribution in [-0.2, 0) is 12.3 Å². The first-order valence-electron chi connectivity index (χ1n) is 10.1. The summed E-state index contributed by atoms with van der Waals surface area (Å²) in [6, 6.07) is 20.5. The molecule has 3 aromatic carbocycles. The standard InChI is InChI=1S/C25H24ClN3OS/c1-4-14-29-24(18(3)30-23-13-12-21(26)15-17(23)2)27-28-25(29)31-16-20-10-7-9-19-8-5-6-11-22(19)20/h4-13,15,18H,1,14,16H2,2-3H3. The third-order valence-corrected chi connectivity index (χ3v) is 6.35. The van der Waals surface area contributed by atoms with Crippen LogP contribution >= 0.6 is 23.4 Å². The predicted octanol–water partition coefficient (Wildman–Crippen LogP) is 7.01. The van der Waals surface area contributed by atoms with Crippen LogP contribution < -0.4 is 4.74 Å². The van der Waals surface area contributed by atoms with Crippen LogP contribution in [0.2, 0.25) is 5.02 Å². The predicted molar refractivity (Wildman–Crippen MR) is 129 cm³/mol. The Balaban J connectivity index is 1.56. The van der Waals surface area contributed by atoms with Gasteiger partial charge in [-0.15, -0.1) is 16.8 Å². The van der Waals surface area contributed by atoms with E-state index in [0.29, 0.717) is 11.6 Å². The Morgan fingerprint density at radius 3 is 2.74 bits per heavy atom. The fourth-order valence-electron chi connectivity index (χ4n) is 3.56. The molecule has 1 heterocycles. The van der Waals surface area contributed by atoms with E-state index in [2.05, 4.69) is 63.8 Å². The molecule has 0 fully saturated rings. The van der Waals surface area contributed by atoms with E-state index in [1.165, 1.54) is 16.3 Å². The maximum Gasteiger partial charge on any atom is 0.191 e. The van der Waals surface area contributed by atoms with E-state index < -0.39 is 0 Å². The Morgan fingerprint density at radius 1 is 1.13 bits per heavy atom. The van der Waals surface area contributed by atoms with E-state index in [0.717, 1.165) is 28.0 Å². The molecule has 0 saturated carbocycles. The van der Waals surface area contributed by atoms with Gasteiger partial charge < -0.3 is 4.74 Å². The fraction of sp³-hybridized carbons (Fsp3) is 0.200. The summed E-state index contributed by atoms with van der Waals surface area (Å²) in [5.41, 5.74) is 2.26. The molecule has 4 rings (SSSR count). The molecule has 0 spiro atoms. The summed E-state index contributed by atoms with van der Waals surface area (Å²) in [4.78, 5) is 0. The zero-order valence-electron chi connectivity index (χ0n) is 17.6. The van der Waals surface area contributed by atoms with Crippen molar-refractivity contribution >= 4 is 34.1 Å². The Bertz CT molecular complexity index is 1220. The molecule has 158 valence electrons. The SMILES string of the molecule is C=CCn1c(SCc2cccc3ccccc23)nnc1C(C)Oc1ccc(Cl)cc1C. The zero-order valence-corrected chi connectivity index (χ0v) is 19.2. The summed E-state index contributed by atoms with van der Waals surface area (Å²) >= 11 is 7.74. The van der Waals surface area contributed by atoms with Gasteiger partial charge in [0.1, 0.15) is 5.75 Å². The van der Waals surface area contributed by atoms with Crippen LogP contribution in [0.1, 0.15) is 30.0 Å². The van der Waals surface area contributed by atoms with Crippen LogP contribution in [0.3, 0.4) is 0 Å². The molecule has 1 atom stereocenters. The van der Waals surface area contributed by atoms with Crippen molar-refractivity contribution in [3.63, 3.8) is 0 Å². The van der Waals surface area contributed by atoms with Crippen LogP contribution in [0, 0.1) is 6.92 Å². The Morgan fingerprint density at radius 2 is 1.94 bits per heavy atom. The van der Waals surface area contributed by atoms with E-state index in [4.69, 9.17) is 16.3 Å². The highest BCUT2D eigenvalue weighted by molar-refractivity contribution is 7.98. The second kappa shape index (κ2) is 9.58. The van der Waals surface area contributed by atoms with Gasteiger partial charge in [0.25, 0.3) is 0 Å². The molecule has 6 heteroatoms. The lowest BCUT2D eigenvalue weighted by atomic mass is 10.1. The number of hydrogen-bond donors (Lipinski definition) is 0. The van der Waals surface area contributed by atoms with Crippen molar-refractivity contribution in [1.82, 2.24) is 14.8 Å². The lowest BCUT2D eigenvalue weighted by molar-refractivity contribution is 0.209. The summed E-state index contributed by atoms with van der Waals surface area (Å²) in [7, 11) is 0. The number of aryl methyl sites for hydroxylation is 1. The zero-order chi connectivity index (χ0) is 21.8. The smallest absolute Gasteiger partial charge is 0.191 e.